The molecule has 0 unspecified atom stereocenters. The van der Waals surface area contributed by atoms with Crippen molar-refractivity contribution in [2.24, 2.45) is 5.92 Å². The SMILES string of the molecule is Cc1ccc2nc(COc3ccccc3C(=O)N3CCC(C(=O)O)CC3)cn2c1. The molecule has 0 atom stereocenters. The summed E-state index contributed by atoms with van der Waals surface area (Å²) in [6.07, 6.45) is 4.88. The van der Waals surface area contributed by atoms with Gasteiger partial charge in [0.2, 0.25) is 0 Å². The number of nitrogens with zero attached hydrogens (tertiary/aromatic N) is 3. The molecule has 7 heteroatoms. The standard InChI is InChI=1S/C22H23N3O4/c1-15-6-7-20-23-17(13-25(20)12-15)14-29-19-5-3-2-4-18(19)21(26)24-10-8-16(9-11-24)22(27)28/h2-7,12-13,16H,8-11,14H2,1H3,(H,27,28). The number of aryl methyl sites for hydroxylation is 1. The second-order valence-electron chi connectivity index (χ2n) is 7.39. The second-order valence-corrected chi connectivity index (χ2v) is 7.39. The molecule has 1 aromatic carbocycles. The van der Waals surface area contributed by atoms with Crippen LogP contribution in [0.4, 0.5) is 0 Å². The Kier molecular flexibility index (Phi) is 5.20. The molecule has 3 aromatic rings. The van der Waals surface area contributed by atoms with E-state index in [1.165, 1.54) is 0 Å². The van der Waals surface area contributed by atoms with Gasteiger partial charge in [-0.05, 0) is 43.5 Å². The number of likely N-dealkylation sites (tertiary alicyclic amines) is 1. The first kappa shape index (κ1) is 19.0. The highest BCUT2D eigenvalue weighted by molar-refractivity contribution is 5.97. The number of benzene rings is 1. The van der Waals surface area contributed by atoms with Crippen LogP contribution in [0.15, 0.2) is 48.8 Å². The van der Waals surface area contributed by atoms with Crippen molar-refractivity contribution in [3.05, 3.63) is 65.6 Å². The zero-order valence-electron chi connectivity index (χ0n) is 16.2. The number of carbonyl (C=O) groups excluding carboxylic acids is 1. The van der Waals surface area contributed by atoms with Crippen LogP contribution >= 0.6 is 0 Å². The minimum Gasteiger partial charge on any atom is -0.486 e. The van der Waals surface area contributed by atoms with Crippen LogP contribution in [-0.4, -0.2) is 44.4 Å². The summed E-state index contributed by atoms with van der Waals surface area (Å²) in [5.41, 5.74) is 3.26. The molecule has 2 aromatic heterocycles. The van der Waals surface area contributed by atoms with Gasteiger partial charge in [0.25, 0.3) is 5.91 Å². The summed E-state index contributed by atoms with van der Waals surface area (Å²) < 4.78 is 7.89. The normalized spacial score (nSPS) is 14.9. The fourth-order valence-electron chi connectivity index (χ4n) is 3.65. The molecule has 3 heterocycles. The van der Waals surface area contributed by atoms with E-state index >= 15 is 0 Å². The van der Waals surface area contributed by atoms with Crippen LogP contribution in [-0.2, 0) is 11.4 Å². The molecule has 1 N–H and O–H groups in total. The van der Waals surface area contributed by atoms with Crippen molar-refractivity contribution in [1.82, 2.24) is 14.3 Å². The van der Waals surface area contributed by atoms with Crippen LogP contribution in [0.1, 0.15) is 34.5 Å². The third-order valence-electron chi connectivity index (χ3n) is 5.27. The van der Waals surface area contributed by atoms with Gasteiger partial charge in [0.05, 0.1) is 17.2 Å². The molecule has 7 nitrogen and oxygen atoms in total. The van der Waals surface area contributed by atoms with Crippen LogP contribution in [0, 0.1) is 12.8 Å². The van der Waals surface area contributed by atoms with Gasteiger partial charge < -0.3 is 19.1 Å². The fraction of sp³-hybridized carbons (Fsp3) is 0.318. The van der Waals surface area contributed by atoms with Crippen LogP contribution in [0.2, 0.25) is 0 Å². The Morgan fingerprint density at radius 1 is 1.14 bits per heavy atom. The maximum Gasteiger partial charge on any atom is 0.306 e. The molecular weight excluding hydrogens is 370 g/mol. The number of carboxylic acids is 1. The van der Waals surface area contributed by atoms with E-state index in [4.69, 9.17) is 9.84 Å². The largest absolute Gasteiger partial charge is 0.486 e. The van der Waals surface area contributed by atoms with Crippen molar-refractivity contribution >= 4 is 17.5 Å². The monoisotopic (exact) mass is 393 g/mol. The molecule has 1 aliphatic rings. The number of hydrogen-bond acceptors (Lipinski definition) is 4. The summed E-state index contributed by atoms with van der Waals surface area (Å²) >= 11 is 0. The lowest BCUT2D eigenvalue weighted by molar-refractivity contribution is -0.143. The molecule has 1 fully saturated rings. The molecule has 0 bridgehead atoms. The number of imidazole rings is 1. The van der Waals surface area contributed by atoms with Crippen molar-refractivity contribution in [3.8, 4) is 5.75 Å². The number of carbonyl (C=O) groups is 2. The minimum atomic E-state index is -0.788. The molecule has 0 saturated carbocycles. The number of pyridine rings is 1. The number of amides is 1. The predicted molar refractivity (Wildman–Crippen MR) is 107 cm³/mol. The number of para-hydroxylation sites is 1. The highest BCUT2D eigenvalue weighted by Crippen LogP contribution is 2.24. The van der Waals surface area contributed by atoms with Crippen molar-refractivity contribution < 1.29 is 19.4 Å². The number of carboxylic acid groups (broad SMARTS) is 1. The van der Waals surface area contributed by atoms with Crippen LogP contribution in [0.3, 0.4) is 0 Å². The molecule has 150 valence electrons. The Morgan fingerprint density at radius 2 is 1.90 bits per heavy atom. The average molecular weight is 393 g/mol. The van der Waals surface area contributed by atoms with E-state index in [1.54, 1.807) is 23.1 Å². The van der Waals surface area contributed by atoms with Gasteiger partial charge in [-0.25, -0.2) is 4.98 Å². The van der Waals surface area contributed by atoms with Gasteiger partial charge in [-0.3, -0.25) is 9.59 Å². The lowest BCUT2D eigenvalue weighted by atomic mass is 9.96. The first-order valence-electron chi connectivity index (χ1n) is 9.69. The molecule has 4 rings (SSSR count). The van der Waals surface area contributed by atoms with Crippen molar-refractivity contribution in [2.75, 3.05) is 13.1 Å². The van der Waals surface area contributed by atoms with Crippen molar-refractivity contribution in [3.63, 3.8) is 0 Å². The second kappa shape index (κ2) is 7.95. The van der Waals surface area contributed by atoms with Gasteiger partial charge in [-0.1, -0.05) is 18.2 Å². The van der Waals surface area contributed by atoms with E-state index in [9.17, 15) is 9.59 Å². The van der Waals surface area contributed by atoms with E-state index < -0.39 is 5.97 Å². The topological polar surface area (TPSA) is 84.1 Å². The smallest absolute Gasteiger partial charge is 0.306 e. The maximum absolute atomic E-state index is 13.0. The van der Waals surface area contributed by atoms with Crippen LogP contribution < -0.4 is 4.74 Å². The van der Waals surface area contributed by atoms with Crippen molar-refractivity contribution in [2.45, 2.75) is 26.4 Å². The summed E-state index contributed by atoms with van der Waals surface area (Å²) in [6.45, 7) is 3.16. The van der Waals surface area contributed by atoms with Gasteiger partial charge in [0.15, 0.2) is 0 Å². The summed E-state index contributed by atoms with van der Waals surface area (Å²) in [6, 6.07) is 11.1. The van der Waals surface area contributed by atoms with Gasteiger partial charge >= 0.3 is 5.97 Å². The Balaban J connectivity index is 1.46. The Bertz CT molecular complexity index is 1050. The summed E-state index contributed by atoms with van der Waals surface area (Å²) in [4.78, 5) is 30.3. The first-order valence-corrected chi connectivity index (χ1v) is 9.69. The zero-order chi connectivity index (χ0) is 20.4. The number of aromatic nitrogens is 2. The molecule has 29 heavy (non-hydrogen) atoms. The van der Waals surface area contributed by atoms with Gasteiger partial charge in [-0.2, -0.15) is 0 Å². The van der Waals surface area contributed by atoms with E-state index in [1.807, 2.05) is 41.9 Å². The van der Waals surface area contributed by atoms with Crippen LogP contribution in [0.25, 0.3) is 5.65 Å². The summed E-state index contributed by atoms with van der Waals surface area (Å²) in [7, 11) is 0. The first-order chi connectivity index (χ1) is 14.0. The number of aliphatic carboxylic acids is 1. The van der Waals surface area contributed by atoms with Crippen molar-refractivity contribution in [1.29, 1.82) is 0 Å². The Morgan fingerprint density at radius 3 is 2.66 bits per heavy atom. The van der Waals surface area contributed by atoms with E-state index in [-0.39, 0.29) is 18.4 Å². The van der Waals surface area contributed by atoms with Gasteiger partial charge in [-0.15, -0.1) is 0 Å². The molecule has 1 aliphatic heterocycles. The molecule has 1 saturated heterocycles. The molecule has 1 amide bonds. The number of fused-ring (bicyclic) bond motifs is 1. The summed E-state index contributed by atoms with van der Waals surface area (Å²) in [5.74, 6) is -0.783. The molecular formula is C22H23N3O4. The number of rotatable bonds is 5. The highest BCUT2D eigenvalue weighted by Gasteiger charge is 2.28. The van der Waals surface area contributed by atoms with Crippen LogP contribution in [0.5, 0.6) is 5.75 Å². The highest BCUT2D eigenvalue weighted by atomic mass is 16.5. The maximum atomic E-state index is 13.0. The average Bonchev–Trinajstić information content (AvgIpc) is 3.14. The number of piperidine rings is 1. The Hall–Kier alpha value is -3.35. The van der Waals surface area contributed by atoms with E-state index in [0.29, 0.717) is 37.2 Å². The molecule has 0 radical (unpaired) electrons. The van der Waals surface area contributed by atoms with Gasteiger partial charge in [0.1, 0.15) is 18.0 Å². The zero-order valence-corrected chi connectivity index (χ0v) is 16.2. The van der Waals surface area contributed by atoms with E-state index in [2.05, 4.69) is 4.98 Å². The molecule has 0 aliphatic carbocycles. The van der Waals surface area contributed by atoms with Gasteiger partial charge in [0, 0.05) is 25.5 Å². The third-order valence-corrected chi connectivity index (χ3v) is 5.27. The van der Waals surface area contributed by atoms with E-state index in [0.717, 1.165) is 16.9 Å². The third kappa shape index (κ3) is 4.08. The number of hydrogen-bond donors (Lipinski definition) is 1. The fourth-order valence-corrected chi connectivity index (χ4v) is 3.65. The lowest BCUT2D eigenvalue weighted by Crippen LogP contribution is -2.40. The quantitative estimate of drug-likeness (QED) is 0.720. The minimum absolute atomic E-state index is 0.130. The molecule has 0 spiro atoms. The summed E-state index contributed by atoms with van der Waals surface area (Å²) in [5, 5.41) is 9.14. The predicted octanol–water partition coefficient (Wildman–Crippen LogP) is 3.16. The number of ether oxygens (including phenoxy) is 1. The lowest BCUT2D eigenvalue weighted by Gasteiger charge is -2.30. The Labute approximate surface area is 168 Å².